The molecule has 1 amide bonds. The third-order valence-corrected chi connectivity index (χ3v) is 7.00. The molecule has 2 aromatic carbocycles. The minimum absolute atomic E-state index is 0.0326. The highest BCUT2D eigenvalue weighted by atomic mass is 32.2. The van der Waals surface area contributed by atoms with E-state index in [1.165, 1.54) is 0 Å². The van der Waals surface area contributed by atoms with E-state index < -0.39 is 15.1 Å². The van der Waals surface area contributed by atoms with Gasteiger partial charge in [0.25, 0.3) is 5.91 Å². The molecule has 0 radical (unpaired) electrons. The quantitative estimate of drug-likeness (QED) is 0.664. The number of benzene rings is 2. The molecular weight excluding hydrogens is 386 g/mol. The number of sulfone groups is 1. The minimum Gasteiger partial charge on any atom is -0.350 e. The number of hydrogen-bond acceptors (Lipinski definition) is 4. The molecule has 5 nitrogen and oxygen atoms in total. The Morgan fingerprint density at radius 3 is 2.14 bits per heavy atom. The second kappa shape index (κ2) is 9.35. The van der Waals surface area contributed by atoms with Crippen molar-refractivity contribution in [3.05, 3.63) is 70.3 Å². The molecule has 0 spiro atoms. The highest BCUT2D eigenvalue weighted by Gasteiger charge is 2.18. The summed E-state index contributed by atoms with van der Waals surface area (Å²) >= 11 is 0. The fourth-order valence-corrected chi connectivity index (χ4v) is 3.91. The average molecular weight is 416 g/mol. The van der Waals surface area contributed by atoms with E-state index in [9.17, 15) is 18.0 Å². The molecule has 2 aromatic rings. The minimum atomic E-state index is -3.18. The van der Waals surface area contributed by atoms with E-state index in [0.29, 0.717) is 16.7 Å². The summed E-state index contributed by atoms with van der Waals surface area (Å²) in [6, 6.07) is 12.1. The Bertz CT molecular complexity index is 990. The topological polar surface area (TPSA) is 80.3 Å². The molecule has 0 heterocycles. The van der Waals surface area contributed by atoms with E-state index in [-0.39, 0.29) is 29.9 Å². The standard InChI is InChI=1S/C23H29NO4S/c1-15(2)24-23(26)21-8-6-7-20(17(21)5)13-22(25)19-11-9-18(10-12-19)14-29(27,28)16(3)4/h6-12,15-16H,13-14H2,1-5H3,(H,24,26). The van der Waals surface area contributed by atoms with Crippen LogP contribution in [0.4, 0.5) is 0 Å². The molecule has 0 aromatic heterocycles. The molecule has 6 heteroatoms. The molecule has 0 unspecified atom stereocenters. The van der Waals surface area contributed by atoms with E-state index >= 15 is 0 Å². The SMILES string of the molecule is Cc1c(CC(=O)c2ccc(CS(=O)(=O)C(C)C)cc2)cccc1C(=O)NC(C)C. The second-order valence-electron chi connectivity index (χ2n) is 7.87. The largest absolute Gasteiger partial charge is 0.350 e. The van der Waals surface area contributed by atoms with Crippen molar-refractivity contribution in [3.63, 3.8) is 0 Å². The van der Waals surface area contributed by atoms with Crippen molar-refractivity contribution >= 4 is 21.5 Å². The smallest absolute Gasteiger partial charge is 0.251 e. The van der Waals surface area contributed by atoms with Gasteiger partial charge in [0.15, 0.2) is 15.6 Å². The van der Waals surface area contributed by atoms with Crippen LogP contribution in [0.1, 0.15) is 65.1 Å². The van der Waals surface area contributed by atoms with Gasteiger partial charge in [0.05, 0.1) is 11.0 Å². The summed E-state index contributed by atoms with van der Waals surface area (Å²) in [7, 11) is -3.18. The molecular formula is C23H29NO4S. The molecule has 0 aliphatic heterocycles. The van der Waals surface area contributed by atoms with Gasteiger partial charge < -0.3 is 5.32 Å². The van der Waals surface area contributed by atoms with Gasteiger partial charge in [-0.1, -0.05) is 36.4 Å². The van der Waals surface area contributed by atoms with E-state index in [1.807, 2.05) is 26.8 Å². The number of nitrogens with one attached hydrogen (secondary N) is 1. The number of carbonyl (C=O) groups excluding carboxylic acids is 2. The Morgan fingerprint density at radius 1 is 0.966 bits per heavy atom. The molecule has 29 heavy (non-hydrogen) atoms. The van der Waals surface area contributed by atoms with Crippen molar-refractivity contribution < 1.29 is 18.0 Å². The van der Waals surface area contributed by atoms with Crippen LogP contribution in [0, 0.1) is 6.92 Å². The molecule has 1 N–H and O–H groups in total. The van der Waals surface area contributed by atoms with E-state index in [2.05, 4.69) is 5.32 Å². The number of ketones is 1. The van der Waals surface area contributed by atoms with Crippen molar-refractivity contribution in [2.24, 2.45) is 0 Å². The van der Waals surface area contributed by atoms with Crippen LogP contribution >= 0.6 is 0 Å². The molecule has 0 saturated heterocycles. The summed E-state index contributed by atoms with van der Waals surface area (Å²) in [6.07, 6.45) is 0.179. The number of rotatable bonds is 8. The predicted octanol–water partition coefficient (Wildman–Crippen LogP) is 3.88. The van der Waals surface area contributed by atoms with Crippen molar-refractivity contribution in [3.8, 4) is 0 Å². The van der Waals surface area contributed by atoms with Crippen LogP contribution in [-0.2, 0) is 22.0 Å². The lowest BCUT2D eigenvalue weighted by molar-refractivity contribution is 0.0939. The van der Waals surface area contributed by atoms with Gasteiger partial charge in [0, 0.05) is 23.6 Å². The van der Waals surface area contributed by atoms with Gasteiger partial charge in [-0.05, 0) is 57.4 Å². The Hall–Kier alpha value is -2.47. The van der Waals surface area contributed by atoms with E-state index in [1.54, 1.807) is 50.2 Å². The Kier molecular flexibility index (Phi) is 7.36. The van der Waals surface area contributed by atoms with Crippen molar-refractivity contribution in [1.29, 1.82) is 0 Å². The van der Waals surface area contributed by atoms with Crippen molar-refractivity contribution in [1.82, 2.24) is 5.32 Å². The van der Waals surface area contributed by atoms with Crippen LogP contribution in [-0.4, -0.2) is 31.4 Å². The van der Waals surface area contributed by atoms with Gasteiger partial charge in [0.1, 0.15) is 0 Å². The fraction of sp³-hybridized carbons (Fsp3) is 0.391. The Morgan fingerprint density at radius 2 is 1.59 bits per heavy atom. The normalized spacial score (nSPS) is 11.7. The first kappa shape index (κ1) is 22.8. The lowest BCUT2D eigenvalue weighted by atomic mass is 9.95. The Balaban J connectivity index is 2.16. The number of Topliss-reactive ketones (excluding diaryl/α,β-unsaturated/α-hetero) is 1. The molecule has 0 fully saturated rings. The van der Waals surface area contributed by atoms with Crippen LogP contribution in [0.3, 0.4) is 0 Å². The second-order valence-corrected chi connectivity index (χ2v) is 10.4. The highest BCUT2D eigenvalue weighted by molar-refractivity contribution is 7.91. The Labute approximate surface area is 173 Å². The van der Waals surface area contributed by atoms with Gasteiger partial charge in [-0.25, -0.2) is 8.42 Å². The summed E-state index contributed by atoms with van der Waals surface area (Å²) < 4.78 is 24.1. The van der Waals surface area contributed by atoms with Gasteiger partial charge in [-0.15, -0.1) is 0 Å². The summed E-state index contributed by atoms with van der Waals surface area (Å²) in [6.45, 7) is 8.96. The van der Waals surface area contributed by atoms with Crippen LogP contribution in [0.25, 0.3) is 0 Å². The van der Waals surface area contributed by atoms with Crippen LogP contribution < -0.4 is 5.32 Å². The third kappa shape index (κ3) is 6.00. The maximum Gasteiger partial charge on any atom is 0.251 e. The summed E-state index contributed by atoms with van der Waals surface area (Å²) in [5.41, 5.74) is 3.35. The first-order chi connectivity index (χ1) is 13.5. The molecule has 0 bridgehead atoms. The molecule has 156 valence electrons. The number of amides is 1. The molecule has 0 saturated carbocycles. The molecule has 0 atom stereocenters. The zero-order valence-corrected chi connectivity index (χ0v) is 18.5. The summed E-state index contributed by atoms with van der Waals surface area (Å²) in [4.78, 5) is 25.0. The lowest BCUT2D eigenvalue weighted by Crippen LogP contribution is -2.30. The van der Waals surface area contributed by atoms with Crippen molar-refractivity contribution in [2.45, 2.75) is 58.1 Å². The van der Waals surface area contributed by atoms with Crippen LogP contribution in [0.2, 0.25) is 0 Å². The van der Waals surface area contributed by atoms with Crippen LogP contribution in [0.5, 0.6) is 0 Å². The maximum absolute atomic E-state index is 12.7. The van der Waals surface area contributed by atoms with Gasteiger partial charge >= 0.3 is 0 Å². The monoisotopic (exact) mass is 415 g/mol. The van der Waals surface area contributed by atoms with Gasteiger partial charge in [-0.2, -0.15) is 0 Å². The third-order valence-electron chi connectivity index (χ3n) is 4.82. The van der Waals surface area contributed by atoms with E-state index in [0.717, 1.165) is 11.1 Å². The zero-order chi connectivity index (χ0) is 21.8. The number of hydrogen-bond donors (Lipinski definition) is 1. The van der Waals surface area contributed by atoms with E-state index in [4.69, 9.17) is 0 Å². The zero-order valence-electron chi connectivity index (χ0n) is 17.7. The first-order valence-corrected chi connectivity index (χ1v) is 11.5. The van der Waals surface area contributed by atoms with Gasteiger partial charge in [0.2, 0.25) is 0 Å². The summed E-state index contributed by atoms with van der Waals surface area (Å²) in [5.74, 6) is -0.263. The van der Waals surface area contributed by atoms with Crippen molar-refractivity contribution in [2.75, 3.05) is 0 Å². The fourth-order valence-electron chi connectivity index (χ4n) is 2.92. The van der Waals surface area contributed by atoms with Crippen LogP contribution in [0.15, 0.2) is 42.5 Å². The maximum atomic E-state index is 12.7. The molecule has 0 aliphatic carbocycles. The molecule has 0 aliphatic rings. The first-order valence-electron chi connectivity index (χ1n) is 9.74. The lowest BCUT2D eigenvalue weighted by Gasteiger charge is -2.13. The summed E-state index contributed by atoms with van der Waals surface area (Å²) in [5, 5.41) is 2.43. The van der Waals surface area contributed by atoms with Gasteiger partial charge in [-0.3, -0.25) is 9.59 Å². The highest BCUT2D eigenvalue weighted by Crippen LogP contribution is 2.18. The predicted molar refractivity (Wildman–Crippen MR) is 116 cm³/mol. The average Bonchev–Trinajstić information content (AvgIpc) is 2.62. The molecule has 2 rings (SSSR count). The number of carbonyl (C=O) groups is 2.